The van der Waals surface area contributed by atoms with Gasteiger partial charge in [0.1, 0.15) is 0 Å². The zero-order valence-electron chi connectivity index (χ0n) is 9.77. The van der Waals surface area contributed by atoms with Crippen LogP contribution in [-0.2, 0) is 9.59 Å². The van der Waals surface area contributed by atoms with E-state index in [0.29, 0.717) is 0 Å². The molecule has 7 nitrogen and oxygen atoms in total. The Hall–Kier alpha value is -2.10. The van der Waals surface area contributed by atoms with Gasteiger partial charge in [-0.2, -0.15) is 5.26 Å². The number of aliphatic carboxylic acids is 1. The summed E-state index contributed by atoms with van der Waals surface area (Å²) in [6.07, 6.45) is -0.569. The van der Waals surface area contributed by atoms with E-state index in [1.807, 2.05) is 11.4 Å². The molecule has 0 radical (unpaired) electrons. The monoisotopic (exact) mass is 241 g/mol. The summed E-state index contributed by atoms with van der Waals surface area (Å²) in [6, 6.07) is 1.32. The molecule has 0 saturated carbocycles. The van der Waals surface area contributed by atoms with Gasteiger partial charge < -0.3 is 10.0 Å². The van der Waals surface area contributed by atoms with Crippen molar-refractivity contribution in [3.63, 3.8) is 0 Å². The highest BCUT2D eigenvalue weighted by Gasteiger charge is 2.15. The summed E-state index contributed by atoms with van der Waals surface area (Å²) in [5.41, 5.74) is 0. The van der Waals surface area contributed by atoms with Gasteiger partial charge in [0.05, 0.1) is 18.4 Å². The van der Waals surface area contributed by atoms with Gasteiger partial charge in [0.2, 0.25) is 5.91 Å². The van der Waals surface area contributed by atoms with Gasteiger partial charge in [0.15, 0.2) is 0 Å². The summed E-state index contributed by atoms with van der Waals surface area (Å²) in [7, 11) is 1.45. The fourth-order valence-corrected chi connectivity index (χ4v) is 1.03. The normalized spacial score (nSPS) is 11.1. The van der Waals surface area contributed by atoms with Crippen molar-refractivity contribution < 1.29 is 19.5 Å². The number of carboxylic acid groups (broad SMARTS) is 1. The second kappa shape index (κ2) is 7.22. The Morgan fingerprint density at radius 3 is 2.47 bits per heavy atom. The van der Waals surface area contributed by atoms with Gasteiger partial charge in [-0.25, -0.2) is 4.79 Å². The van der Waals surface area contributed by atoms with Gasteiger partial charge in [-0.1, -0.05) is 0 Å². The largest absolute Gasteiger partial charge is 0.481 e. The molecule has 0 heterocycles. The third kappa shape index (κ3) is 6.89. The average Bonchev–Trinajstić information content (AvgIpc) is 2.25. The van der Waals surface area contributed by atoms with Gasteiger partial charge in [-0.15, -0.1) is 0 Å². The Balaban J connectivity index is 4.04. The van der Waals surface area contributed by atoms with Crippen LogP contribution < -0.4 is 5.32 Å². The van der Waals surface area contributed by atoms with Crippen LogP contribution in [0.25, 0.3) is 0 Å². The first kappa shape index (κ1) is 14.9. The highest BCUT2D eigenvalue weighted by atomic mass is 16.4. The van der Waals surface area contributed by atoms with Gasteiger partial charge in [-0.05, 0) is 6.92 Å². The second-order valence-corrected chi connectivity index (χ2v) is 3.66. The molecule has 3 amide bonds. The van der Waals surface area contributed by atoms with Crippen LogP contribution in [0.2, 0.25) is 0 Å². The number of nitrogens with one attached hydrogen (secondary N) is 1. The molecular formula is C10H15N3O4. The summed E-state index contributed by atoms with van der Waals surface area (Å²) in [5.74, 6) is -2.08. The third-order valence-corrected chi connectivity index (χ3v) is 1.93. The lowest BCUT2D eigenvalue weighted by Gasteiger charge is -2.18. The number of rotatable bonds is 5. The Morgan fingerprint density at radius 1 is 1.41 bits per heavy atom. The fraction of sp³-hybridized carbons (Fsp3) is 0.600. The molecule has 0 aliphatic heterocycles. The number of hydrogen-bond acceptors (Lipinski definition) is 4. The molecule has 94 valence electrons. The highest BCUT2D eigenvalue weighted by molar-refractivity contribution is 5.95. The van der Waals surface area contributed by atoms with Gasteiger partial charge in [0.25, 0.3) is 0 Å². The van der Waals surface area contributed by atoms with E-state index in [2.05, 4.69) is 0 Å². The third-order valence-electron chi connectivity index (χ3n) is 1.93. The number of nitrogens with zero attached hydrogens (tertiary/aromatic N) is 2. The number of urea groups is 1. The van der Waals surface area contributed by atoms with Crippen LogP contribution >= 0.6 is 0 Å². The van der Waals surface area contributed by atoms with Crippen molar-refractivity contribution in [2.45, 2.75) is 19.8 Å². The lowest BCUT2D eigenvalue weighted by molar-refractivity contribution is -0.138. The molecule has 0 fully saturated rings. The zero-order chi connectivity index (χ0) is 13.4. The predicted octanol–water partition coefficient (Wildman–Crippen LogP) is 0.179. The van der Waals surface area contributed by atoms with Crippen LogP contribution in [0, 0.1) is 17.2 Å². The van der Waals surface area contributed by atoms with Gasteiger partial charge in [-0.3, -0.25) is 14.9 Å². The SMILES string of the molecule is CC(C#N)CN(C)C(=O)NC(=O)CCC(=O)O. The number of nitriles is 1. The van der Waals surface area contributed by atoms with Crippen molar-refractivity contribution in [3.8, 4) is 6.07 Å². The molecule has 0 rings (SSSR count). The van der Waals surface area contributed by atoms with Crippen LogP contribution in [0.1, 0.15) is 19.8 Å². The molecule has 0 spiro atoms. The molecule has 2 N–H and O–H groups in total. The summed E-state index contributed by atoms with van der Waals surface area (Å²) in [5, 5.41) is 18.9. The van der Waals surface area contributed by atoms with E-state index in [9.17, 15) is 14.4 Å². The van der Waals surface area contributed by atoms with Crippen molar-refractivity contribution in [2.24, 2.45) is 5.92 Å². The molecule has 0 bridgehead atoms. The summed E-state index contributed by atoms with van der Waals surface area (Å²) < 4.78 is 0. The molecule has 17 heavy (non-hydrogen) atoms. The highest BCUT2D eigenvalue weighted by Crippen LogP contribution is 1.97. The number of imide groups is 1. The summed E-state index contributed by atoms with van der Waals surface area (Å²) in [4.78, 5) is 33.9. The first-order valence-electron chi connectivity index (χ1n) is 5.03. The number of amides is 3. The van der Waals surface area contributed by atoms with Crippen LogP contribution in [0.15, 0.2) is 0 Å². The predicted molar refractivity (Wildman–Crippen MR) is 57.8 cm³/mol. The standard InChI is InChI=1S/C10H15N3O4/c1-7(5-11)6-13(2)10(17)12-8(14)3-4-9(15)16/h7H,3-4,6H2,1-2H3,(H,15,16)(H,12,14,17). The maximum atomic E-state index is 11.4. The van der Waals surface area contributed by atoms with E-state index in [-0.39, 0.29) is 25.3 Å². The van der Waals surface area contributed by atoms with E-state index >= 15 is 0 Å². The molecule has 0 aliphatic rings. The molecule has 1 unspecified atom stereocenters. The smallest absolute Gasteiger partial charge is 0.323 e. The molecule has 7 heteroatoms. The minimum atomic E-state index is -1.10. The Kier molecular flexibility index (Phi) is 6.33. The van der Waals surface area contributed by atoms with E-state index in [1.165, 1.54) is 11.9 Å². The first-order chi connectivity index (χ1) is 7.86. The Morgan fingerprint density at radius 2 is 2.00 bits per heavy atom. The van der Waals surface area contributed by atoms with Crippen LogP contribution in [0.5, 0.6) is 0 Å². The number of carboxylic acids is 1. The van der Waals surface area contributed by atoms with Crippen LogP contribution in [-0.4, -0.2) is 41.5 Å². The first-order valence-corrected chi connectivity index (χ1v) is 5.03. The van der Waals surface area contributed by atoms with Crippen LogP contribution in [0.4, 0.5) is 4.79 Å². The zero-order valence-corrected chi connectivity index (χ0v) is 9.77. The van der Waals surface area contributed by atoms with Gasteiger partial charge >= 0.3 is 12.0 Å². The van der Waals surface area contributed by atoms with Crippen molar-refractivity contribution in [3.05, 3.63) is 0 Å². The van der Waals surface area contributed by atoms with Crippen molar-refractivity contribution in [2.75, 3.05) is 13.6 Å². The Labute approximate surface area is 99.0 Å². The molecule has 0 aromatic carbocycles. The topological polar surface area (TPSA) is 111 Å². The number of carbonyl (C=O) groups is 3. The minimum Gasteiger partial charge on any atom is -0.481 e. The van der Waals surface area contributed by atoms with E-state index in [4.69, 9.17) is 10.4 Å². The fourth-order valence-electron chi connectivity index (χ4n) is 1.03. The molecule has 0 aromatic heterocycles. The van der Waals surface area contributed by atoms with E-state index in [0.717, 1.165) is 0 Å². The number of hydrogen-bond donors (Lipinski definition) is 2. The van der Waals surface area contributed by atoms with Crippen molar-refractivity contribution in [1.82, 2.24) is 10.2 Å². The lowest BCUT2D eigenvalue weighted by atomic mass is 10.2. The van der Waals surface area contributed by atoms with E-state index < -0.39 is 17.9 Å². The molecule has 0 aliphatic carbocycles. The maximum Gasteiger partial charge on any atom is 0.323 e. The van der Waals surface area contributed by atoms with Crippen molar-refractivity contribution >= 4 is 17.9 Å². The molecule has 0 saturated heterocycles. The number of carbonyl (C=O) groups excluding carboxylic acids is 2. The molecule has 0 aromatic rings. The minimum absolute atomic E-state index is 0.203. The summed E-state index contributed by atoms with van der Waals surface area (Å²) >= 11 is 0. The van der Waals surface area contributed by atoms with Crippen LogP contribution in [0.3, 0.4) is 0 Å². The molecule has 1 atom stereocenters. The average molecular weight is 241 g/mol. The maximum absolute atomic E-state index is 11.4. The van der Waals surface area contributed by atoms with Gasteiger partial charge in [0, 0.05) is 20.0 Å². The van der Waals surface area contributed by atoms with E-state index in [1.54, 1.807) is 6.92 Å². The lowest BCUT2D eigenvalue weighted by Crippen LogP contribution is -2.42. The quantitative estimate of drug-likeness (QED) is 0.713. The van der Waals surface area contributed by atoms with Crippen molar-refractivity contribution in [1.29, 1.82) is 5.26 Å². The Bertz CT molecular complexity index is 348. The molecular weight excluding hydrogens is 226 g/mol. The second-order valence-electron chi connectivity index (χ2n) is 3.66. The summed E-state index contributed by atoms with van der Waals surface area (Å²) in [6.45, 7) is 1.85.